The van der Waals surface area contributed by atoms with E-state index < -0.39 is 22.9 Å². The molecule has 1 heterocycles. The fraction of sp³-hybridized carbons (Fsp3) is 0.500. The molecule has 8 heteroatoms. The standard InChI is InChI=1S/C14H15ClF4N2O/c1-9-7-20(2-3-21(9)13(15)22)8-10-4-11(14(17,18)19)6-12(16)5-10/h4-6,9H,2-3,7-8H2,1H3. The molecular weight excluding hydrogens is 324 g/mol. The number of alkyl halides is 3. The summed E-state index contributed by atoms with van der Waals surface area (Å²) in [5.41, 5.74) is -0.740. The Bertz CT molecular complexity index is 564. The van der Waals surface area contributed by atoms with Crippen molar-refractivity contribution in [3.05, 3.63) is 35.1 Å². The van der Waals surface area contributed by atoms with Crippen molar-refractivity contribution < 1.29 is 22.4 Å². The third-order valence-electron chi connectivity index (χ3n) is 3.63. The molecule has 22 heavy (non-hydrogen) atoms. The zero-order valence-corrected chi connectivity index (χ0v) is 12.6. The number of halogens is 5. The van der Waals surface area contributed by atoms with Crippen LogP contribution in [0.2, 0.25) is 0 Å². The van der Waals surface area contributed by atoms with Crippen LogP contribution in [-0.2, 0) is 12.7 Å². The minimum atomic E-state index is -4.58. The van der Waals surface area contributed by atoms with Crippen molar-refractivity contribution in [2.24, 2.45) is 0 Å². The van der Waals surface area contributed by atoms with Crippen LogP contribution in [0, 0.1) is 5.82 Å². The van der Waals surface area contributed by atoms with Crippen molar-refractivity contribution in [1.29, 1.82) is 0 Å². The lowest BCUT2D eigenvalue weighted by Gasteiger charge is -2.38. The minimum absolute atomic E-state index is 0.144. The van der Waals surface area contributed by atoms with Crippen LogP contribution >= 0.6 is 11.6 Å². The predicted octanol–water partition coefficient (Wildman–Crippen LogP) is 3.71. The maximum atomic E-state index is 13.4. The highest BCUT2D eigenvalue weighted by molar-refractivity contribution is 6.62. The molecule has 1 aliphatic heterocycles. The van der Waals surface area contributed by atoms with Gasteiger partial charge in [0.25, 0.3) is 0 Å². The van der Waals surface area contributed by atoms with Crippen molar-refractivity contribution in [1.82, 2.24) is 9.80 Å². The van der Waals surface area contributed by atoms with E-state index >= 15 is 0 Å². The number of piperazine rings is 1. The van der Waals surface area contributed by atoms with Gasteiger partial charge in [0.15, 0.2) is 0 Å². The SMILES string of the molecule is CC1CN(Cc2cc(F)cc(C(F)(F)F)c2)CCN1C(=O)Cl. The summed E-state index contributed by atoms with van der Waals surface area (Å²) in [6.07, 6.45) is -4.58. The molecule has 1 amide bonds. The first-order chi connectivity index (χ1) is 10.2. The smallest absolute Gasteiger partial charge is 0.324 e. The Morgan fingerprint density at radius 3 is 2.55 bits per heavy atom. The van der Waals surface area contributed by atoms with Gasteiger partial charge >= 0.3 is 11.5 Å². The summed E-state index contributed by atoms with van der Waals surface area (Å²) in [4.78, 5) is 14.5. The van der Waals surface area contributed by atoms with Gasteiger partial charge in [0, 0.05) is 32.2 Å². The van der Waals surface area contributed by atoms with Gasteiger partial charge in [-0.25, -0.2) is 4.39 Å². The van der Waals surface area contributed by atoms with E-state index in [1.165, 1.54) is 4.90 Å². The van der Waals surface area contributed by atoms with Crippen molar-refractivity contribution in [3.8, 4) is 0 Å². The van der Waals surface area contributed by atoms with E-state index in [-0.39, 0.29) is 18.2 Å². The van der Waals surface area contributed by atoms with Gasteiger partial charge in [-0.05, 0) is 42.3 Å². The van der Waals surface area contributed by atoms with E-state index in [2.05, 4.69) is 0 Å². The molecule has 1 unspecified atom stereocenters. The van der Waals surface area contributed by atoms with E-state index in [0.29, 0.717) is 25.7 Å². The van der Waals surface area contributed by atoms with E-state index in [1.54, 1.807) is 6.92 Å². The average molecular weight is 339 g/mol. The minimum Gasteiger partial charge on any atom is -0.324 e. The summed E-state index contributed by atoms with van der Waals surface area (Å²) in [7, 11) is 0. The third-order valence-corrected chi connectivity index (χ3v) is 3.85. The van der Waals surface area contributed by atoms with Gasteiger partial charge < -0.3 is 4.90 Å². The maximum absolute atomic E-state index is 13.4. The molecule has 0 aliphatic carbocycles. The van der Waals surface area contributed by atoms with Crippen LogP contribution in [-0.4, -0.2) is 40.8 Å². The van der Waals surface area contributed by atoms with Gasteiger partial charge in [-0.1, -0.05) is 0 Å². The highest BCUT2D eigenvalue weighted by Gasteiger charge is 2.32. The molecule has 1 aliphatic rings. The number of carbonyl (C=O) groups is 1. The number of benzene rings is 1. The Labute approximate surface area is 130 Å². The summed E-state index contributed by atoms with van der Waals surface area (Å²) in [6, 6.07) is 2.39. The molecule has 1 aromatic carbocycles. The molecule has 0 radical (unpaired) electrons. The fourth-order valence-corrected chi connectivity index (χ4v) is 2.85. The Morgan fingerprint density at radius 2 is 2.00 bits per heavy atom. The second-order valence-corrected chi connectivity index (χ2v) is 5.70. The second-order valence-electron chi connectivity index (χ2n) is 5.38. The number of nitrogens with zero attached hydrogens (tertiary/aromatic N) is 2. The van der Waals surface area contributed by atoms with E-state index in [1.807, 2.05) is 4.90 Å². The first-order valence-electron chi connectivity index (χ1n) is 6.72. The molecule has 1 saturated heterocycles. The summed E-state index contributed by atoms with van der Waals surface area (Å²) in [5, 5.41) is -0.544. The predicted molar refractivity (Wildman–Crippen MR) is 74.1 cm³/mol. The van der Waals surface area contributed by atoms with Gasteiger partial charge in [0.2, 0.25) is 0 Å². The molecule has 2 rings (SSSR count). The first-order valence-corrected chi connectivity index (χ1v) is 7.09. The Balaban J connectivity index is 2.09. The van der Waals surface area contributed by atoms with Crippen LogP contribution in [0.4, 0.5) is 22.4 Å². The molecule has 0 aromatic heterocycles. The van der Waals surface area contributed by atoms with E-state index in [0.717, 1.165) is 12.1 Å². The lowest BCUT2D eigenvalue weighted by Crippen LogP contribution is -2.52. The monoisotopic (exact) mass is 338 g/mol. The number of amides is 1. The largest absolute Gasteiger partial charge is 0.416 e. The molecule has 0 saturated carbocycles. The van der Waals surface area contributed by atoms with Gasteiger partial charge in [0.1, 0.15) is 5.82 Å². The van der Waals surface area contributed by atoms with Crippen LogP contribution in [0.3, 0.4) is 0 Å². The molecule has 0 N–H and O–H groups in total. The molecule has 1 aromatic rings. The lowest BCUT2D eigenvalue weighted by atomic mass is 10.1. The van der Waals surface area contributed by atoms with Crippen LogP contribution in [0.15, 0.2) is 18.2 Å². The van der Waals surface area contributed by atoms with E-state index in [4.69, 9.17) is 11.6 Å². The third kappa shape index (κ3) is 4.10. The Hall–Kier alpha value is -1.34. The zero-order chi connectivity index (χ0) is 16.5. The maximum Gasteiger partial charge on any atom is 0.416 e. The fourth-order valence-electron chi connectivity index (χ4n) is 2.60. The summed E-state index contributed by atoms with van der Waals surface area (Å²) in [5.74, 6) is -0.910. The highest BCUT2D eigenvalue weighted by Crippen LogP contribution is 2.30. The second kappa shape index (κ2) is 6.42. The zero-order valence-electron chi connectivity index (χ0n) is 11.8. The quantitative estimate of drug-likeness (QED) is 0.466. The van der Waals surface area contributed by atoms with Gasteiger partial charge in [0.05, 0.1) is 5.56 Å². The normalized spacial score (nSPS) is 20.3. The lowest BCUT2D eigenvalue weighted by molar-refractivity contribution is -0.137. The number of hydrogen-bond acceptors (Lipinski definition) is 2. The van der Waals surface area contributed by atoms with Crippen molar-refractivity contribution in [2.75, 3.05) is 19.6 Å². The van der Waals surface area contributed by atoms with Gasteiger partial charge in [-0.15, -0.1) is 0 Å². The molecule has 122 valence electrons. The van der Waals surface area contributed by atoms with Crippen LogP contribution in [0.1, 0.15) is 18.1 Å². The molecule has 1 atom stereocenters. The summed E-state index contributed by atoms with van der Waals surface area (Å²) in [6.45, 7) is 3.33. The number of carbonyl (C=O) groups excluding carboxylic acids is 1. The molecule has 0 bridgehead atoms. The highest BCUT2D eigenvalue weighted by atomic mass is 35.5. The molecule has 3 nitrogen and oxygen atoms in total. The number of hydrogen-bond donors (Lipinski definition) is 0. The molecule has 0 spiro atoms. The van der Waals surface area contributed by atoms with Gasteiger partial charge in [-0.2, -0.15) is 13.2 Å². The summed E-state index contributed by atoms with van der Waals surface area (Å²) >= 11 is 5.45. The van der Waals surface area contributed by atoms with E-state index in [9.17, 15) is 22.4 Å². The Morgan fingerprint density at radius 1 is 1.32 bits per heavy atom. The van der Waals surface area contributed by atoms with Crippen LogP contribution in [0.25, 0.3) is 0 Å². The summed E-state index contributed by atoms with van der Waals surface area (Å²) < 4.78 is 51.4. The topological polar surface area (TPSA) is 23.6 Å². The molecular formula is C14H15ClF4N2O. The van der Waals surface area contributed by atoms with Gasteiger partial charge in [-0.3, -0.25) is 9.69 Å². The Kier molecular flexibility index (Phi) is 4.97. The number of rotatable bonds is 2. The molecule has 1 fully saturated rings. The van der Waals surface area contributed by atoms with Crippen molar-refractivity contribution >= 4 is 17.0 Å². The van der Waals surface area contributed by atoms with Crippen molar-refractivity contribution in [2.45, 2.75) is 25.7 Å². The van der Waals surface area contributed by atoms with Crippen LogP contribution < -0.4 is 0 Å². The first kappa shape index (κ1) is 17.0. The van der Waals surface area contributed by atoms with Crippen molar-refractivity contribution in [3.63, 3.8) is 0 Å². The average Bonchev–Trinajstić information content (AvgIpc) is 2.36. The van der Waals surface area contributed by atoms with Crippen LogP contribution in [0.5, 0.6) is 0 Å².